The van der Waals surface area contributed by atoms with Crippen LogP contribution in [0.5, 0.6) is 0 Å². The van der Waals surface area contributed by atoms with Crippen LogP contribution < -0.4 is 10.2 Å². The van der Waals surface area contributed by atoms with Crippen LogP contribution in [-0.2, 0) is 13.0 Å². The third-order valence-corrected chi connectivity index (χ3v) is 4.13. The van der Waals surface area contributed by atoms with Gasteiger partial charge in [-0.05, 0) is 49.1 Å². The zero-order chi connectivity index (χ0) is 14.7. The lowest BCUT2D eigenvalue weighted by Crippen LogP contribution is -2.24. The van der Waals surface area contributed by atoms with Crippen LogP contribution in [0.4, 0.5) is 15.8 Å². The molecule has 2 nitrogen and oxygen atoms in total. The van der Waals surface area contributed by atoms with Gasteiger partial charge in [-0.2, -0.15) is 0 Å². The van der Waals surface area contributed by atoms with Crippen LogP contribution in [0, 0.1) is 5.82 Å². The molecule has 0 fully saturated rings. The molecule has 21 heavy (non-hydrogen) atoms. The highest BCUT2D eigenvalue weighted by atomic mass is 19.1. The SMILES string of the molecule is CCN(Cc1cccc2c1CCCN2)c1ccccc1F. The van der Waals surface area contributed by atoms with Crippen molar-refractivity contribution in [3.63, 3.8) is 0 Å². The van der Waals surface area contributed by atoms with E-state index in [0.29, 0.717) is 5.69 Å². The summed E-state index contributed by atoms with van der Waals surface area (Å²) >= 11 is 0. The zero-order valence-corrected chi connectivity index (χ0v) is 12.4. The summed E-state index contributed by atoms with van der Waals surface area (Å²) in [5, 5.41) is 3.45. The van der Waals surface area contributed by atoms with Gasteiger partial charge in [-0.1, -0.05) is 24.3 Å². The van der Waals surface area contributed by atoms with Crippen molar-refractivity contribution in [3.8, 4) is 0 Å². The van der Waals surface area contributed by atoms with Crippen LogP contribution in [-0.4, -0.2) is 13.1 Å². The maximum atomic E-state index is 14.0. The van der Waals surface area contributed by atoms with Crippen molar-refractivity contribution in [2.24, 2.45) is 0 Å². The van der Waals surface area contributed by atoms with E-state index in [9.17, 15) is 4.39 Å². The molecular weight excluding hydrogens is 263 g/mol. The highest BCUT2D eigenvalue weighted by Crippen LogP contribution is 2.28. The first-order valence-electron chi connectivity index (χ1n) is 7.63. The summed E-state index contributed by atoms with van der Waals surface area (Å²) < 4.78 is 14.0. The van der Waals surface area contributed by atoms with Crippen LogP contribution in [0.25, 0.3) is 0 Å². The van der Waals surface area contributed by atoms with E-state index in [1.807, 2.05) is 12.1 Å². The molecule has 110 valence electrons. The van der Waals surface area contributed by atoms with E-state index in [0.717, 1.165) is 32.5 Å². The fraction of sp³-hybridized carbons (Fsp3) is 0.333. The Balaban J connectivity index is 1.90. The van der Waals surface area contributed by atoms with Crippen molar-refractivity contribution in [3.05, 3.63) is 59.4 Å². The van der Waals surface area contributed by atoms with Gasteiger partial charge in [0.15, 0.2) is 0 Å². The molecule has 1 heterocycles. The first kappa shape index (κ1) is 13.9. The first-order chi connectivity index (χ1) is 10.3. The minimum absolute atomic E-state index is 0.151. The molecule has 0 bridgehead atoms. The van der Waals surface area contributed by atoms with E-state index in [1.54, 1.807) is 6.07 Å². The molecule has 2 aromatic carbocycles. The van der Waals surface area contributed by atoms with Gasteiger partial charge >= 0.3 is 0 Å². The average Bonchev–Trinajstić information content (AvgIpc) is 2.53. The number of hydrogen-bond donors (Lipinski definition) is 1. The molecule has 0 spiro atoms. The van der Waals surface area contributed by atoms with Gasteiger partial charge in [-0.15, -0.1) is 0 Å². The summed E-state index contributed by atoms with van der Waals surface area (Å²) in [6.45, 7) is 4.65. The summed E-state index contributed by atoms with van der Waals surface area (Å²) in [7, 11) is 0. The molecule has 0 aliphatic carbocycles. The van der Waals surface area contributed by atoms with Gasteiger partial charge < -0.3 is 10.2 Å². The largest absolute Gasteiger partial charge is 0.385 e. The second kappa shape index (κ2) is 6.17. The fourth-order valence-electron chi connectivity index (χ4n) is 3.01. The molecule has 0 saturated heterocycles. The quantitative estimate of drug-likeness (QED) is 0.904. The van der Waals surface area contributed by atoms with Gasteiger partial charge in [0.1, 0.15) is 5.82 Å². The number of para-hydroxylation sites is 1. The van der Waals surface area contributed by atoms with Crippen LogP contribution >= 0.6 is 0 Å². The minimum atomic E-state index is -0.151. The molecule has 0 radical (unpaired) electrons. The Kier molecular flexibility index (Phi) is 4.09. The molecule has 0 aromatic heterocycles. The number of halogens is 1. The van der Waals surface area contributed by atoms with Crippen LogP contribution in [0.2, 0.25) is 0 Å². The molecular formula is C18H21FN2. The van der Waals surface area contributed by atoms with Gasteiger partial charge in [0, 0.05) is 25.3 Å². The van der Waals surface area contributed by atoms with Crippen molar-refractivity contribution < 1.29 is 4.39 Å². The monoisotopic (exact) mass is 284 g/mol. The topological polar surface area (TPSA) is 15.3 Å². The third-order valence-electron chi connectivity index (χ3n) is 4.13. The second-order valence-corrected chi connectivity index (χ2v) is 5.44. The number of anilines is 2. The van der Waals surface area contributed by atoms with Crippen molar-refractivity contribution in [2.45, 2.75) is 26.3 Å². The lowest BCUT2D eigenvalue weighted by Gasteiger charge is -2.27. The predicted molar refractivity (Wildman–Crippen MR) is 86.4 cm³/mol. The maximum Gasteiger partial charge on any atom is 0.146 e. The highest BCUT2D eigenvalue weighted by molar-refractivity contribution is 5.58. The average molecular weight is 284 g/mol. The second-order valence-electron chi connectivity index (χ2n) is 5.44. The minimum Gasteiger partial charge on any atom is -0.385 e. The standard InChI is InChI=1S/C18H21FN2/c1-2-21(18-11-4-3-9-16(18)19)13-14-7-5-10-17-15(14)8-6-12-20-17/h3-5,7,9-11,20H,2,6,8,12-13H2,1H3. The normalized spacial score (nSPS) is 13.4. The summed E-state index contributed by atoms with van der Waals surface area (Å²) in [6.07, 6.45) is 2.27. The van der Waals surface area contributed by atoms with Crippen LogP contribution in [0.1, 0.15) is 24.5 Å². The smallest absolute Gasteiger partial charge is 0.146 e. The molecule has 0 unspecified atom stereocenters. The van der Waals surface area contributed by atoms with E-state index >= 15 is 0 Å². The predicted octanol–water partition coefficient (Wildman–Crippen LogP) is 4.21. The van der Waals surface area contributed by atoms with Crippen LogP contribution in [0.3, 0.4) is 0 Å². The van der Waals surface area contributed by atoms with Crippen molar-refractivity contribution in [2.75, 3.05) is 23.3 Å². The Bertz CT molecular complexity index is 624. The molecule has 1 aliphatic rings. The van der Waals surface area contributed by atoms with Crippen molar-refractivity contribution in [1.29, 1.82) is 0 Å². The lowest BCUT2D eigenvalue weighted by molar-refractivity contribution is 0.617. The van der Waals surface area contributed by atoms with Crippen molar-refractivity contribution >= 4 is 11.4 Å². The van der Waals surface area contributed by atoms with Gasteiger partial charge in [-0.25, -0.2) is 4.39 Å². The highest BCUT2D eigenvalue weighted by Gasteiger charge is 2.16. The molecule has 1 aliphatic heterocycles. The van der Waals surface area contributed by atoms with E-state index in [-0.39, 0.29) is 5.82 Å². The van der Waals surface area contributed by atoms with Gasteiger partial charge in [0.25, 0.3) is 0 Å². The van der Waals surface area contributed by atoms with Gasteiger partial charge in [0.2, 0.25) is 0 Å². The third kappa shape index (κ3) is 2.87. The van der Waals surface area contributed by atoms with Crippen LogP contribution in [0.15, 0.2) is 42.5 Å². The number of nitrogens with zero attached hydrogens (tertiary/aromatic N) is 1. The van der Waals surface area contributed by atoms with Gasteiger partial charge in [0.05, 0.1) is 5.69 Å². The number of fused-ring (bicyclic) bond motifs is 1. The maximum absolute atomic E-state index is 14.0. The first-order valence-corrected chi connectivity index (χ1v) is 7.63. The summed E-state index contributed by atoms with van der Waals surface area (Å²) in [4.78, 5) is 2.10. The zero-order valence-electron chi connectivity index (χ0n) is 12.4. The molecule has 3 rings (SSSR count). The van der Waals surface area contributed by atoms with E-state index in [1.165, 1.54) is 22.9 Å². The Labute approximate surface area is 125 Å². The number of benzene rings is 2. The Morgan fingerprint density at radius 2 is 2.00 bits per heavy atom. The number of hydrogen-bond acceptors (Lipinski definition) is 2. The number of nitrogens with one attached hydrogen (secondary N) is 1. The Hall–Kier alpha value is -2.03. The lowest BCUT2D eigenvalue weighted by atomic mass is 9.97. The van der Waals surface area contributed by atoms with E-state index in [4.69, 9.17) is 0 Å². The Morgan fingerprint density at radius 1 is 1.14 bits per heavy atom. The summed E-state index contributed by atoms with van der Waals surface area (Å²) in [5.41, 5.74) is 4.60. The molecule has 0 amide bonds. The van der Waals surface area contributed by atoms with Gasteiger partial charge in [-0.3, -0.25) is 0 Å². The number of rotatable bonds is 4. The fourth-order valence-corrected chi connectivity index (χ4v) is 3.01. The molecule has 3 heteroatoms. The molecule has 1 N–H and O–H groups in total. The Morgan fingerprint density at radius 3 is 2.81 bits per heavy atom. The summed E-state index contributed by atoms with van der Waals surface area (Å²) in [6, 6.07) is 13.4. The molecule has 0 atom stereocenters. The summed E-state index contributed by atoms with van der Waals surface area (Å²) in [5.74, 6) is -0.151. The molecule has 0 saturated carbocycles. The van der Waals surface area contributed by atoms with Crippen molar-refractivity contribution in [1.82, 2.24) is 0 Å². The van der Waals surface area contributed by atoms with E-state index < -0.39 is 0 Å². The van der Waals surface area contributed by atoms with E-state index in [2.05, 4.69) is 35.3 Å². The molecule has 2 aromatic rings.